The van der Waals surface area contributed by atoms with Gasteiger partial charge in [-0.3, -0.25) is 10.1 Å². The quantitative estimate of drug-likeness (QED) is 0.183. The summed E-state index contributed by atoms with van der Waals surface area (Å²) in [5, 5.41) is 20.6. The van der Waals surface area contributed by atoms with E-state index in [1.165, 1.54) is 48.6 Å². The predicted molar refractivity (Wildman–Crippen MR) is 136 cm³/mol. The normalized spacial score (nSPS) is 11.9. The zero-order valence-corrected chi connectivity index (χ0v) is 21.7. The number of amides is 1. The Labute approximate surface area is 222 Å². The molecule has 1 N–H and O–H groups in total. The van der Waals surface area contributed by atoms with Crippen molar-refractivity contribution in [3.05, 3.63) is 86.9 Å². The number of carboxylic acid groups (broad SMARTS) is 1. The van der Waals surface area contributed by atoms with Crippen LogP contribution in [0.15, 0.2) is 54.9 Å². The second-order valence-corrected chi connectivity index (χ2v) is 9.64. The van der Waals surface area contributed by atoms with E-state index in [4.69, 9.17) is 21.1 Å². The number of hydrogen-bond acceptors (Lipinski definition) is 8. The molecule has 1 unspecified atom stereocenters. The molecule has 0 aliphatic heterocycles. The number of halogens is 1. The number of carbonyl (C=O) groups excluding carboxylic acids is 2. The highest BCUT2D eigenvalue weighted by Crippen LogP contribution is 2.29. The number of ether oxygens (including phenoxy) is 2. The predicted octanol–water partition coefficient (Wildman–Crippen LogP) is 5.19. The summed E-state index contributed by atoms with van der Waals surface area (Å²) < 4.78 is 11.7. The van der Waals surface area contributed by atoms with Crippen LogP contribution in [-0.2, 0) is 4.74 Å². The van der Waals surface area contributed by atoms with Crippen molar-refractivity contribution in [2.24, 2.45) is 0 Å². The largest absolute Gasteiger partial charge is 0.464 e. The third kappa shape index (κ3) is 6.85. The first-order valence-corrected chi connectivity index (χ1v) is 11.6. The molecule has 1 atom stereocenters. The van der Waals surface area contributed by atoms with Crippen LogP contribution in [0.4, 0.5) is 15.3 Å². The van der Waals surface area contributed by atoms with Crippen molar-refractivity contribution >= 4 is 35.4 Å². The van der Waals surface area contributed by atoms with Crippen LogP contribution in [0.1, 0.15) is 48.4 Å². The molecule has 200 valence electrons. The second-order valence-electron chi connectivity index (χ2n) is 9.23. The van der Waals surface area contributed by atoms with Gasteiger partial charge in [-0.15, -0.1) is 0 Å². The topological polar surface area (TPSA) is 154 Å². The van der Waals surface area contributed by atoms with E-state index in [1.807, 2.05) is 0 Å². The fraction of sp³-hybridized carbons (Fsp3) is 0.280. The summed E-state index contributed by atoms with van der Waals surface area (Å²) >= 11 is 5.79. The minimum Gasteiger partial charge on any atom is -0.464 e. The Hall–Kier alpha value is -4.45. The maximum atomic E-state index is 12.6. The molecule has 12 nitrogen and oxygen atoms in total. The van der Waals surface area contributed by atoms with E-state index in [9.17, 15) is 29.6 Å². The van der Waals surface area contributed by atoms with Gasteiger partial charge in [0.25, 0.3) is 5.69 Å². The van der Waals surface area contributed by atoms with E-state index >= 15 is 0 Å². The number of rotatable bonds is 7. The molecule has 3 aromatic rings. The lowest BCUT2D eigenvalue weighted by Gasteiger charge is -2.27. The number of esters is 1. The maximum Gasteiger partial charge on any atom is 0.417 e. The average molecular weight is 545 g/mol. The molecule has 3 rings (SSSR count). The second kappa shape index (κ2) is 11.3. The van der Waals surface area contributed by atoms with Gasteiger partial charge in [0.05, 0.1) is 16.4 Å². The van der Waals surface area contributed by atoms with E-state index in [0.717, 1.165) is 10.6 Å². The Morgan fingerprint density at radius 1 is 1.18 bits per heavy atom. The molecule has 0 aliphatic rings. The van der Waals surface area contributed by atoms with Crippen LogP contribution in [0, 0.1) is 10.1 Å². The molecule has 1 aromatic heterocycles. The van der Waals surface area contributed by atoms with Gasteiger partial charge in [0, 0.05) is 32.1 Å². The molecule has 0 saturated carbocycles. The summed E-state index contributed by atoms with van der Waals surface area (Å²) in [6, 6.07) is 9.71. The van der Waals surface area contributed by atoms with Crippen molar-refractivity contribution < 1.29 is 33.9 Å². The highest BCUT2D eigenvalue weighted by molar-refractivity contribution is 6.32. The summed E-state index contributed by atoms with van der Waals surface area (Å²) in [4.78, 5) is 52.7. The Morgan fingerprint density at radius 2 is 1.84 bits per heavy atom. The Bertz CT molecular complexity index is 1360. The van der Waals surface area contributed by atoms with Crippen LogP contribution in [-0.4, -0.2) is 61.8 Å². The average Bonchev–Trinajstić information content (AvgIpc) is 3.32. The van der Waals surface area contributed by atoms with Crippen molar-refractivity contribution in [3.63, 3.8) is 0 Å². The Morgan fingerprint density at radius 3 is 2.42 bits per heavy atom. The van der Waals surface area contributed by atoms with Gasteiger partial charge in [-0.25, -0.2) is 23.9 Å². The van der Waals surface area contributed by atoms with Crippen molar-refractivity contribution in [1.29, 1.82) is 0 Å². The van der Waals surface area contributed by atoms with Crippen molar-refractivity contribution in [1.82, 2.24) is 14.5 Å². The number of carbonyl (C=O) groups is 3. The lowest BCUT2D eigenvalue weighted by Crippen LogP contribution is -2.37. The summed E-state index contributed by atoms with van der Waals surface area (Å²) in [5.74, 6) is -1.20. The summed E-state index contributed by atoms with van der Waals surface area (Å²) in [6.45, 7) is 5.23. The molecule has 0 spiro atoms. The number of benzene rings is 2. The van der Waals surface area contributed by atoms with Gasteiger partial charge in [-0.1, -0.05) is 23.7 Å². The van der Waals surface area contributed by atoms with Crippen LogP contribution in [0.2, 0.25) is 5.02 Å². The van der Waals surface area contributed by atoms with Crippen LogP contribution in [0.25, 0.3) is 0 Å². The maximum absolute atomic E-state index is 12.6. The molecule has 0 fully saturated rings. The SMILES string of the molecule is CN(CC(c1ccc(OC(=O)c2ccc(Cl)c([N+](=O)[O-])c2)cc1)c1nccn1C(=O)O)C(=O)OC(C)(C)C. The number of hydrogen-bond donors (Lipinski definition) is 1. The van der Waals surface area contributed by atoms with Gasteiger partial charge in [0.15, 0.2) is 0 Å². The van der Waals surface area contributed by atoms with E-state index in [-0.39, 0.29) is 28.7 Å². The highest BCUT2D eigenvalue weighted by atomic mass is 35.5. The Balaban J connectivity index is 1.86. The standard InChI is InChI=1S/C25H25ClN4O8/c1-25(2,3)38-24(34)28(4)14-18(21-27-11-12-29(21)23(32)33)15-5-8-17(9-6-15)37-22(31)16-7-10-19(26)20(13-16)30(35)36/h5-13,18H,14H2,1-4H3,(H,32,33). The number of nitro benzene ring substituents is 1. The number of likely N-dealkylation sites (N-methyl/N-ethyl adjacent to an activating group) is 1. The third-order valence-corrected chi connectivity index (χ3v) is 5.54. The fourth-order valence-electron chi connectivity index (χ4n) is 3.47. The van der Waals surface area contributed by atoms with Gasteiger partial charge >= 0.3 is 18.2 Å². The zero-order valence-electron chi connectivity index (χ0n) is 21.0. The number of nitro groups is 1. The molecule has 0 saturated heterocycles. The molecular weight excluding hydrogens is 520 g/mol. The van der Waals surface area contributed by atoms with Crippen LogP contribution < -0.4 is 4.74 Å². The molecule has 38 heavy (non-hydrogen) atoms. The molecule has 1 amide bonds. The van der Waals surface area contributed by atoms with Gasteiger partial charge in [-0.2, -0.15) is 0 Å². The van der Waals surface area contributed by atoms with E-state index in [0.29, 0.717) is 5.56 Å². The van der Waals surface area contributed by atoms with Crippen LogP contribution in [0.3, 0.4) is 0 Å². The first-order valence-electron chi connectivity index (χ1n) is 11.2. The number of aromatic nitrogens is 2. The minimum atomic E-state index is -1.25. The summed E-state index contributed by atoms with van der Waals surface area (Å²) in [5.41, 5.74) is -0.639. The fourth-order valence-corrected chi connectivity index (χ4v) is 3.66. The zero-order chi connectivity index (χ0) is 28.2. The van der Waals surface area contributed by atoms with Gasteiger partial charge in [0.2, 0.25) is 0 Å². The minimum absolute atomic E-state index is 0.0345. The Kier molecular flexibility index (Phi) is 8.36. The molecule has 0 bridgehead atoms. The first kappa shape index (κ1) is 28.1. The van der Waals surface area contributed by atoms with E-state index in [1.54, 1.807) is 32.9 Å². The molecule has 0 radical (unpaired) electrons. The lowest BCUT2D eigenvalue weighted by atomic mass is 9.97. The summed E-state index contributed by atoms with van der Waals surface area (Å²) in [7, 11) is 1.52. The van der Waals surface area contributed by atoms with Gasteiger partial charge in [0.1, 0.15) is 22.2 Å². The first-order chi connectivity index (χ1) is 17.8. The van der Waals surface area contributed by atoms with Gasteiger partial charge < -0.3 is 19.5 Å². The highest BCUT2D eigenvalue weighted by Gasteiger charge is 2.28. The molecule has 1 heterocycles. The smallest absolute Gasteiger partial charge is 0.417 e. The molecule has 13 heteroatoms. The lowest BCUT2D eigenvalue weighted by molar-refractivity contribution is -0.384. The van der Waals surface area contributed by atoms with Crippen molar-refractivity contribution in [2.75, 3.05) is 13.6 Å². The van der Waals surface area contributed by atoms with E-state index < -0.39 is 40.3 Å². The van der Waals surface area contributed by atoms with E-state index in [2.05, 4.69) is 4.98 Å². The summed E-state index contributed by atoms with van der Waals surface area (Å²) in [6.07, 6.45) is 0.786. The molecular formula is C25H25ClN4O8. The third-order valence-electron chi connectivity index (χ3n) is 5.22. The monoisotopic (exact) mass is 544 g/mol. The van der Waals surface area contributed by atoms with Crippen LogP contribution in [0.5, 0.6) is 5.75 Å². The molecule has 2 aromatic carbocycles. The number of nitrogens with zero attached hydrogens (tertiary/aromatic N) is 4. The van der Waals surface area contributed by atoms with Crippen molar-refractivity contribution in [2.45, 2.75) is 32.3 Å². The van der Waals surface area contributed by atoms with Gasteiger partial charge in [-0.05, 0) is 50.6 Å². The van der Waals surface area contributed by atoms with Crippen molar-refractivity contribution in [3.8, 4) is 5.75 Å². The number of imidazole rings is 1. The van der Waals surface area contributed by atoms with Crippen LogP contribution >= 0.6 is 11.6 Å². The molecule has 0 aliphatic carbocycles.